The van der Waals surface area contributed by atoms with Gasteiger partial charge in [0.25, 0.3) is 0 Å². The smallest absolute Gasteiger partial charge is 0.0254 e. The van der Waals surface area contributed by atoms with Crippen LogP contribution in [-0.2, 0) is 0 Å². The quantitative estimate of drug-likeness (QED) is 0.573. The lowest BCUT2D eigenvalue weighted by molar-refractivity contribution is -0.0147. The van der Waals surface area contributed by atoms with Gasteiger partial charge < -0.3 is 5.48 Å². The number of rotatable bonds is 6. The first-order chi connectivity index (χ1) is 7.06. The Bertz CT molecular complexity index is 196. The second kappa shape index (κ2) is 6.78. The molecule has 0 spiro atoms. The number of hydrogen-bond donors (Lipinski definition) is 0. The molecule has 0 amide bonds. The van der Waals surface area contributed by atoms with Gasteiger partial charge in [0.05, 0.1) is 0 Å². The molecule has 0 aliphatic carbocycles. The lowest BCUT2D eigenvalue weighted by Gasteiger charge is -2.51. The number of unbranched alkanes of at least 4 members (excludes halogenated alkanes) is 3. The summed E-state index contributed by atoms with van der Waals surface area (Å²) in [6.45, 7) is 19.2. The van der Waals surface area contributed by atoms with E-state index in [-0.39, 0.29) is 5.48 Å². The zero-order valence-corrected chi connectivity index (χ0v) is 13.5. The largest absolute Gasteiger partial charge is 0.412 e. The SMILES string of the molecule is CCCCCCC(C)(C)C(C)(C)C(C)(C)C.O. The van der Waals surface area contributed by atoms with Crippen molar-refractivity contribution in [2.45, 2.75) is 87.5 Å². The fourth-order valence-electron chi connectivity index (χ4n) is 2.32. The summed E-state index contributed by atoms with van der Waals surface area (Å²) in [4.78, 5) is 0. The average molecular weight is 244 g/mol. The third-order valence-electron chi connectivity index (χ3n) is 5.22. The van der Waals surface area contributed by atoms with Crippen LogP contribution < -0.4 is 0 Å². The van der Waals surface area contributed by atoms with Gasteiger partial charge in [0.2, 0.25) is 0 Å². The van der Waals surface area contributed by atoms with Crippen LogP contribution in [0.3, 0.4) is 0 Å². The van der Waals surface area contributed by atoms with Crippen LogP contribution >= 0.6 is 0 Å². The summed E-state index contributed by atoms with van der Waals surface area (Å²) in [5.41, 5.74) is 1.19. The highest BCUT2D eigenvalue weighted by atomic mass is 16.0. The molecule has 1 heteroatoms. The second-order valence-electron chi connectivity index (χ2n) is 7.57. The second-order valence-corrected chi connectivity index (χ2v) is 7.57. The first kappa shape index (κ1) is 19.3. The van der Waals surface area contributed by atoms with Crippen molar-refractivity contribution >= 4 is 0 Å². The summed E-state index contributed by atoms with van der Waals surface area (Å²) < 4.78 is 0. The van der Waals surface area contributed by atoms with Gasteiger partial charge in [0.15, 0.2) is 0 Å². The normalized spacial score (nSPS) is 13.4. The van der Waals surface area contributed by atoms with Gasteiger partial charge in [0.1, 0.15) is 0 Å². The van der Waals surface area contributed by atoms with Crippen LogP contribution in [0.25, 0.3) is 0 Å². The standard InChI is InChI=1S/C16H34.H2O/c1-9-10-11-12-13-15(5,6)16(7,8)14(2,3)4;/h9-13H2,1-8H3;1H2. The molecule has 106 valence electrons. The third kappa shape index (κ3) is 4.99. The van der Waals surface area contributed by atoms with Gasteiger partial charge in [0, 0.05) is 0 Å². The Morgan fingerprint density at radius 1 is 0.706 bits per heavy atom. The van der Waals surface area contributed by atoms with Gasteiger partial charge in [-0.2, -0.15) is 0 Å². The van der Waals surface area contributed by atoms with E-state index < -0.39 is 0 Å². The van der Waals surface area contributed by atoms with E-state index in [1.165, 1.54) is 32.1 Å². The molecular weight excluding hydrogens is 208 g/mol. The van der Waals surface area contributed by atoms with Crippen molar-refractivity contribution in [1.82, 2.24) is 0 Å². The Morgan fingerprint density at radius 2 is 1.18 bits per heavy atom. The predicted octanol–water partition coefficient (Wildman–Crippen LogP) is 5.23. The Balaban J connectivity index is 0. The molecular formula is C16H36O. The molecule has 1 nitrogen and oxygen atoms in total. The first-order valence-corrected chi connectivity index (χ1v) is 7.06. The van der Waals surface area contributed by atoms with E-state index in [0.29, 0.717) is 16.2 Å². The highest BCUT2D eigenvalue weighted by Crippen LogP contribution is 2.53. The zero-order valence-electron chi connectivity index (χ0n) is 13.5. The van der Waals surface area contributed by atoms with Gasteiger partial charge in [-0.1, -0.05) is 81.1 Å². The van der Waals surface area contributed by atoms with Crippen LogP contribution in [0.4, 0.5) is 0 Å². The monoisotopic (exact) mass is 244 g/mol. The lowest BCUT2D eigenvalue weighted by atomic mass is 9.54. The molecule has 0 aromatic carbocycles. The average Bonchev–Trinajstić information content (AvgIpc) is 2.10. The van der Waals surface area contributed by atoms with Crippen LogP contribution in [0.15, 0.2) is 0 Å². The van der Waals surface area contributed by atoms with Crippen molar-refractivity contribution in [1.29, 1.82) is 0 Å². The van der Waals surface area contributed by atoms with Gasteiger partial charge in [-0.25, -0.2) is 0 Å². The molecule has 0 rings (SSSR count). The molecule has 17 heavy (non-hydrogen) atoms. The van der Waals surface area contributed by atoms with Gasteiger partial charge in [-0.3, -0.25) is 0 Å². The summed E-state index contributed by atoms with van der Waals surface area (Å²) in [6.07, 6.45) is 6.88. The van der Waals surface area contributed by atoms with E-state index in [0.717, 1.165) is 0 Å². The van der Waals surface area contributed by atoms with E-state index in [1.54, 1.807) is 0 Å². The maximum Gasteiger partial charge on any atom is -0.0254 e. The molecule has 2 N–H and O–H groups in total. The molecule has 0 aliphatic rings. The van der Waals surface area contributed by atoms with E-state index in [1.807, 2.05) is 0 Å². The molecule has 0 aromatic rings. The van der Waals surface area contributed by atoms with Crippen LogP contribution in [-0.4, -0.2) is 5.48 Å². The van der Waals surface area contributed by atoms with Crippen molar-refractivity contribution in [3.63, 3.8) is 0 Å². The minimum absolute atomic E-state index is 0. The van der Waals surface area contributed by atoms with E-state index in [9.17, 15) is 0 Å². The van der Waals surface area contributed by atoms with Crippen LogP contribution in [0, 0.1) is 16.2 Å². The van der Waals surface area contributed by atoms with Gasteiger partial charge in [-0.15, -0.1) is 0 Å². The van der Waals surface area contributed by atoms with Gasteiger partial charge >= 0.3 is 0 Å². The molecule has 0 radical (unpaired) electrons. The molecule has 0 bridgehead atoms. The van der Waals surface area contributed by atoms with Crippen LogP contribution in [0.5, 0.6) is 0 Å². The zero-order chi connectivity index (χ0) is 13.0. The molecule has 0 aromatic heterocycles. The van der Waals surface area contributed by atoms with E-state index >= 15 is 0 Å². The summed E-state index contributed by atoms with van der Waals surface area (Å²) in [7, 11) is 0. The van der Waals surface area contributed by atoms with E-state index in [4.69, 9.17) is 0 Å². The lowest BCUT2D eigenvalue weighted by Crippen LogP contribution is -2.42. The highest BCUT2D eigenvalue weighted by Gasteiger charge is 2.44. The molecule has 0 aliphatic heterocycles. The fourth-order valence-corrected chi connectivity index (χ4v) is 2.32. The molecule has 0 heterocycles. The summed E-state index contributed by atoms with van der Waals surface area (Å²) >= 11 is 0. The Hall–Kier alpha value is -0.0400. The van der Waals surface area contributed by atoms with Crippen molar-refractivity contribution < 1.29 is 5.48 Å². The Labute approximate surface area is 110 Å². The van der Waals surface area contributed by atoms with Crippen molar-refractivity contribution in [3.8, 4) is 0 Å². The van der Waals surface area contributed by atoms with Crippen molar-refractivity contribution in [3.05, 3.63) is 0 Å². The first-order valence-electron chi connectivity index (χ1n) is 7.06. The molecule has 0 fully saturated rings. The van der Waals surface area contributed by atoms with Crippen molar-refractivity contribution in [2.75, 3.05) is 0 Å². The summed E-state index contributed by atoms with van der Waals surface area (Å²) in [5, 5.41) is 0. The maximum atomic E-state index is 2.45. The van der Waals surface area contributed by atoms with Crippen LogP contribution in [0.2, 0.25) is 0 Å². The topological polar surface area (TPSA) is 31.5 Å². The minimum atomic E-state index is 0. The predicted molar refractivity (Wildman–Crippen MR) is 79.4 cm³/mol. The Kier molecular flexibility index (Phi) is 7.69. The summed E-state index contributed by atoms with van der Waals surface area (Å²) in [5.74, 6) is 0. The van der Waals surface area contributed by atoms with Gasteiger partial charge in [-0.05, 0) is 22.7 Å². The molecule has 0 unspecified atom stereocenters. The maximum absolute atomic E-state index is 2.45. The molecule has 0 saturated heterocycles. The third-order valence-corrected chi connectivity index (χ3v) is 5.22. The molecule has 0 saturated carbocycles. The van der Waals surface area contributed by atoms with Crippen molar-refractivity contribution in [2.24, 2.45) is 16.2 Å². The Morgan fingerprint density at radius 3 is 1.53 bits per heavy atom. The highest BCUT2D eigenvalue weighted by molar-refractivity contribution is 4.93. The fraction of sp³-hybridized carbons (Fsp3) is 1.00. The number of hydrogen-bond acceptors (Lipinski definition) is 0. The van der Waals surface area contributed by atoms with Crippen LogP contribution in [0.1, 0.15) is 87.5 Å². The molecule has 0 atom stereocenters. The van der Waals surface area contributed by atoms with E-state index in [2.05, 4.69) is 55.4 Å². The summed E-state index contributed by atoms with van der Waals surface area (Å²) in [6, 6.07) is 0. The minimum Gasteiger partial charge on any atom is -0.412 e.